The highest BCUT2D eigenvalue weighted by Crippen LogP contribution is 2.40. The summed E-state index contributed by atoms with van der Waals surface area (Å²) in [6.07, 6.45) is 0. The first-order chi connectivity index (χ1) is 11.3. The smallest absolute Gasteiger partial charge is 0.243 e. The predicted octanol–water partition coefficient (Wildman–Crippen LogP) is 3.44. The Hall–Kier alpha value is -1.83. The van der Waals surface area contributed by atoms with Gasteiger partial charge in [-0.3, -0.25) is 9.59 Å². The van der Waals surface area contributed by atoms with Crippen molar-refractivity contribution in [3.8, 4) is 0 Å². The normalized spacial score (nSPS) is 14.0. The number of allylic oxidation sites excluding steroid dienone is 1. The predicted molar refractivity (Wildman–Crippen MR) is 93.6 cm³/mol. The Morgan fingerprint density at radius 1 is 1.12 bits per heavy atom. The average Bonchev–Trinajstić information content (AvgIpc) is 2.89. The van der Waals surface area contributed by atoms with Gasteiger partial charge in [0.1, 0.15) is 0 Å². The highest BCUT2D eigenvalue weighted by molar-refractivity contribution is 8.04. The molecule has 0 bridgehead atoms. The summed E-state index contributed by atoms with van der Waals surface area (Å²) in [6.45, 7) is 4.59. The lowest BCUT2D eigenvalue weighted by Gasteiger charge is -2.32. The van der Waals surface area contributed by atoms with Crippen molar-refractivity contribution in [2.45, 2.75) is 25.9 Å². The van der Waals surface area contributed by atoms with E-state index < -0.39 is 0 Å². The van der Waals surface area contributed by atoms with Gasteiger partial charge in [-0.1, -0.05) is 29.3 Å². The zero-order chi connectivity index (χ0) is 17.6. The summed E-state index contributed by atoms with van der Waals surface area (Å²) in [5.41, 5.74) is 1.05. The van der Waals surface area contributed by atoms with Crippen LogP contribution in [0.5, 0.6) is 0 Å². The maximum Gasteiger partial charge on any atom is 0.243 e. The lowest BCUT2D eigenvalue weighted by molar-refractivity contribution is -0.117. The van der Waals surface area contributed by atoms with Gasteiger partial charge in [-0.05, 0) is 37.7 Å². The topological polar surface area (TPSA) is 68.1 Å². The van der Waals surface area contributed by atoms with E-state index in [0.717, 1.165) is 0 Å². The van der Waals surface area contributed by atoms with Gasteiger partial charge in [0.25, 0.3) is 0 Å². The van der Waals surface area contributed by atoms with E-state index in [1.165, 1.54) is 30.6 Å². The third-order valence-corrected chi connectivity index (χ3v) is 5.26. The molecule has 9 heteroatoms. The van der Waals surface area contributed by atoms with Crippen LogP contribution in [0.4, 0.5) is 0 Å². The lowest BCUT2D eigenvalue weighted by atomic mass is 10.1. The Labute approximate surface area is 152 Å². The molecule has 0 aliphatic carbocycles. The van der Waals surface area contributed by atoms with Crippen molar-refractivity contribution in [2.75, 3.05) is 5.01 Å². The molecule has 6 nitrogen and oxygen atoms in total. The van der Waals surface area contributed by atoms with E-state index in [1.807, 2.05) is 0 Å². The summed E-state index contributed by atoms with van der Waals surface area (Å²) >= 11 is 13.3. The zero-order valence-corrected chi connectivity index (χ0v) is 15.3. The molecule has 1 aliphatic heterocycles. The molecule has 124 valence electrons. The van der Waals surface area contributed by atoms with Crippen molar-refractivity contribution < 1.29 is 9.59 Å². The third kappa shape index (κ3) is 2.72. The molecule has 2 heterocycles. The molecular formula is C15H12Cl2N4O2S. The number of benzene rings is 1. The van der Waals surface area contributed by atoms with E-state index >= 15 is 0 Å². The van der Waals surface area contributed by atoms with Gasteiger partial charge in [-0.2, -0.15) is 0 Å². The Kier molecular flexibility index (Phi) is 4.42. The number of thioether (sulfide) groups is 1. The quantitative estimate of drug-likeness (QED) is 0.795. The summed E-state index contributed by atoms with van der Waals surface area (Å²) in [7, 11) is 0. The molecule has 3 rings (SSSR count). The van der Waals surface area contributed by atoms with Gasteiger partial charge in [-0.25, -0.2) is 9.69 Å². The number of fused-ring (bicyclic) bond motifs is 1. The van der Waals surface area contributed by atoms with Crippen LogP contribution in [0.15, 0.2) is 28.3 Å². The molecule has 24 heavy (non-hydrogen) atoms. The average molecular weight is 383 g/mol. The molecule has 0 saturated carbocycles. The molecule has 0 spiro atoms. The molecule has 2 aromatic rings. The second-order valence-electron chi connectivity index (χ2n) is 5.14. The standard InChI is InChI=1S/C15H12Cl2N4O2S/c1-7(22)14-13(10-4-5-11(16)12(17)6-10)21(9(3)23)20-8(2)18-19-15(20)24-14/h4-6H,1-3H3. The van der Waals surface area contributed by atoms with Gasteiger partial charge in [0.05, 0.1) is 20.6 Å². The van der Waals surface area contributed by atoms with Gasteiger partial charge in [0.15, 0.2) is 11.6 Å². The molecule has 0 radical (unpaired) electrons. The van der Waals surface area contributed by atoms with Crippen LogP contribution in [0.25, 0.3) is 5.70 Å². The van der Waals surface area contributed by atoms with Crippen molar-refractivity contribution in [3.05, 3.63) is 44.5 Å². The summed E-state index contributed by atoms with van der Waals surface area (Å²) in [6, 6.07) is 4.97. The maximum absolute atomic E-state index is 12.4. The fourth-order valence-electron chi connectivity index (χ4n) is 2.40. The van der Waals surface area contributed by atoms with E-state index in [-0.39, 0.29) is 11.7 Å². The van der Waals surface area contributed by atoms with Crippen molar-refractivity contribution in [2.24, 2.45) is 0 Å². The number of hydrogen-bond donors (Lipinski definition) is 0. The second kappa shape index (κ2) is 6.23. The van der Waals surface area contributed by atoms with Gasteiger partial charge >= 0.3 is 0 Å². The molecule has 1 aromatic heterocycles. The minimum atomic E-state index is -0.278. The van der Waals surface area contributed by atoms with E-state index in [4.69, 9.17) is 23.2 Å². The lowest BCUT2D eigenvalue weighted by Crippen LogP contribution is -2.41. The molecular weight excluding hydrogens is 371 g/mol. The number of hydrogen-bond acceptors (Lipinski definition) is 5. The van der Waals surface area contributed by atoms with Crippen molar-refractivity contribution in [1.29, 1.82) is 0 Å². The molecule has 1 aliphatic rings. The van der Waals surface area contributed by atoms with Crippen LogP contribution in [0, 0.1) is 6.92 Å². The fraction of sp³-hybridized carbons (Fsp3) is 0.200. The minimum absolute atomic E-state index is 0.181. The monoisotopic (exact) mass is 382 g/mol. The first-order valence-corrected chi connectivity index (χ1v) is 8.50. The van der Waals surface area contributed by atoms with Gasteiger partial charge < -0.3 is 0 Å². The van der Waals surface area contributed by atoms with Crippen LogP contribution < -0.4 is 5.01 Å². The van der Waals surface area contributed by atoms with Gasteiger partial charge in [0.2, 0.25) is 11.1 Å². The maximum atomic E-state index is 12.4. The van der Waals surface area contributed by atoms with Crippen LogP contribution in [-0.4, -0.2) is 26.6 Å². The van der Waals surface area contributed by atoms with E-state index in [2.05, 4.69) is 10.2 Å². The van der Waals surface area contributed by atoms with Gasteiger partial charge in [0, 0.05) is 12.5 Å². The molecule has 0 saturated heterocycles. The number of amides is 1. The summed E-state index contributed by atoms with van der Waals surface area (Å²) in [5, 5.41) is 10.6. The minimum Gasteiger partial charge on any atom is -0.294 e. The van der Waals surface area contributed by atoms with Crippen LogP contribution >= 0.6 is 35.0 Å². The molecule has 0 N–H and O–H groups in total. The van der Waals surface area contributed by atoms with Crippen molar-refractivity contribution in [1.82, 2.24) is 14.9 Å². The number of nitrogens with zero attached hydrogens (tertiary/aromatic N) is 4. The summed E-state index contributed by atoms with van der Waals surface area (Å²) < 4.78 is 1.58. The number of halogens is 2. The highest BCUT2D eigenvalue weighted by atomic mass is 35.5. The molecule has 1 aromatic carbocycles. The van der Waals surface area contributed by atoms with Crippen LogP contribution in [-0.2, 0) is 9.59 Å². The Bertz CT molecular complexity index is 907. The molecule has 0 fully saturated rings. The van der Waals surface area contributed by atoms with Crippen LogP contribution in [0.2, 0.25) is 10.0 Å². The number of Topliss-reactive ketones (excluding diaryl/α,β-unsaturated/α-hetero) is 1. The molecule has 0 atom stereocenters. The van der Waals surface area contributed by atoms with Crippen LogP contribution in [0.3, 0.4) is 0 Å². The second-order valence-corrected chi connectivity index (χ2v) is 6.93. The largest absolute Gasteiger partial charge is 0.294 e. The Balaban J connectivity index is 2.31. The number of aromatic nitrogens is 3. The number of ketones is 1. The van der Waals surface area contributed by atoms with E-state index in [1.54, 1.807) is 29.8 Å². The van der Waals surface area contributed by atoms with E-state index in [0.29, 0.717) is 37.2 Å². The van der Waals surface area contributed by atoms with Crippen LogP contribution in [0.1, 0.15) is 25.2 Å². The summed E-state index contributed by atoms with van der Waals surface area (Å²) in [5.74, 6) is 0.0753. The SMILES string of the molecule is CC(=O)C1=C(c2ccc(Cl)c(Cl)c2)N(C(C)=O)n2c(C)nnc2S1. The molecule has 0 unspecified atom stereocenters. The highest BCUT2D eigenvalue weighted by Gasteiger charge is 2.34. The number of carbonyl (C=O) groups excluding carboxylic acids is 2. The number of aryl methyl sites for hydroxylation is 1. The first-order valence-electron chi connectivity index (χ1n) is 6.92. The fourth-order valence-corrected chi connectivity index (χ4v) is 3.71. The van der Waals surface area contributed by atoms with Crippen molar-refractivity contribution in [3.63, 3.8) is 0 Å². The third-order valence-electron chi connectivity index (χ3n) is 3.40. The number of rotatable bonds is 2. The number of carbonyl (C=O) groups is 2. The van der Waals surface area contributed by atoms with Gasteiger partial charge in [-0.15, -0.1) is 10.2 Å². The molecule has 1 amide bonds. The first kappa shape index (κ1) is 17.0. The Morgan fingerprint density at radius 3 is 2.42 bits per heavy atom. The Morgan fingerprint density at radius 2 is 1.83 bits per heavy atom. The zero-order valence-electron chi connectivity index (χ0n) is 13.0. The van der Waals surface area contributed by atoms with E-state index in [9.17, 15) is 9.59 Å². The summed E-state index contributed by atoms with van der Waals surface area (Å²) in [4.78, 5) is 24.9. The van der Waals surface area contributed by atoms with Crippen molar-refractivity contribution >= 4 is 52.4 Å².